The molecular formula is C12H25IN2O2S. The van der Waals surface area contributed by atoms with Gasteiger partial charge in [-0.3, -0.25) is 0 Å². The van der Waals surface area contributed by atoms with Gasteiger partial charge in [0.25, 0.3) is 0 Å². The molecule has 1 aliphatic rings. The van der Waals surface area contributed by atoms with Crippen molar-refractivity contribution in [3.63, 3.8) is 0 Å². The Balaban J connectivity index is 2.43. The molecule has 0 spiro atoms. The fraction of sp³-hybridized carbons (Fsp3) is 1.00. The molecule has 0 bridgehead atoms. The first-order valence-electron chi connectivity index (χ1n) is 6.59. The second-order valence-electron chi connectivity index (χ2n) is 5.54. The molecule has 0 aromatic heterocycles. The molecule has 0 saturated carbocycles. The Labute approximate surface area is 125 Å². The van der Waals surface area contributed by atoms with Crippen LogP contribution in [0.3, 0.4) is 0 Å². The summed E-state index contributed by atoms with van der Waals surface area (Å²) < 4.78 is 25.8. The van der Waals surface area contributed by atoms with E-state index in [-0.39, 0.29) is 0 Å². The van der Waals surface area contributed by atoms with Crippen LogP contribution in [-0.4, -0.2) is 49.1 Å². The van der Waals surface area contributed by atoms with E-state index in [4.69, 9.17) is 0 Å². The molecular weight excluding hydrogens is 363 g/mol. The average molecular weight is 388 g/mol. The van der Waals surface area contributed by atoms with Crippen LogP contribution in [0, 0.1) is 11.8 Å². The highest BCUT2D eigenvalue weighted by Crippen LogP contribution is 2.18. The summed E-state index contributed by atoms with van der Waals surface area (Å²) in [5.74, 6) is 1.08. The number of sulfonamides is 1. The van der Waals surface area contributed by atoms with E-state index in [9.17, 15) is 8.42 Å². The van der Waals surface area contributed by atoms with Gasteiger partial charge in [0.2, 0.25) is 10.0 Å². The van der Waals surface area contributed by atoms with E-state index in [1.54, 1.807) is 4.31 Å². The highest BCUT2D eigenvalue weighted by Gasteiger charge is 2.26. The van der Waals surface area contributed by atoms with Crippen molar-refractivity contribution in [2.75, 3.05) is 30.3 Å². The number of hydrogen-bond donors (Lipinski definition) is 1. The highest BCUT2D eigenvalue weighted by molar-refractivity contribution is 14.1. The van der Waals surface area contributed by atoms with Crippen molar-refractivity contribution in [2.24, 2.45) is 11.8 Å². The monoisotopic (exact) mass is 388 g/mol. The predicted octanol–water partition coefficient (Wildman–Crippen LogP) is 1.71. The minimum Gasteiger partial charge on any atom is -0.313 e. The largest absolute Gasteiger partial charge is 0.313 e. The molecule has 1 heterocycles. The molecule has 1 saturated heterocycles. The number of nitrogens with zero attached hydrogens (tertiary/aromatic N) is 1. The first-order chi connectivity index (χ1) is 8.34. The van der Waals surface area contributed by atoms with Crippen molar-refractivity contribution in [3.05, 3.63) is 0 Å². The number of nitrogens with one attached hydrogen (secondary N) is 1. The number of rotatable bonds is 6. The smallest absolute Gasteiger partial charge is 0.211 e. The second-order valence-corrected chi connectivity index (χ2v) is 8.41. The van der Waals surface area contributed by atoms with Gasteiger partial charge in [-0.25, -0.2) is 12.7 Å². The number of halogens is 1. The van der Waals surface area contributed by atoms with Gasteiger partial charge in [-0.05, 0) is 31.2 Å². The average Bonchev–Trinajstić information content (AvgIpc) is 2.28. The lowest BCUT2D eigenvalue weighted by atomic mass is 9.98. The molecule has 0 radical (unpaired) electrons. The van der Waals surface area contributed by atoms with Gasteiger partial charge in [-0.15, -0.1) is 0 Å². The maximum atomic E-state index is 11.5. The number of piperidine rings is 1. The molecule has 1 fully saturated rings. The van der Waals surface area contributed by atoms with Crippen molar-refractivity contribution < 1.29 is 8.42 Å². The van der Waals surface area contributed by atoms with E-state index >= 15 is 0 Å². The van der Waals surface area contributed by atoms with Crippen LogP contribution in [0.15, 0.2) is 0 Å². The SMILES string of the molecule is CC(C)C(CI)NCC1CCCN(S(C)(=O)=O)C1. The van der Waals surface area contributed by atoms with Crippen LogP contribution in [0.25, 0.3) is 0 Å². The lowest BCUT2D eigenvalue weighted by molar-refractivity contribution is 0.251. The van der Waals surface area contributed by atoms with Crippen LogP contribution in [0.4, 0.5) is 0 Å². The molecule has 2 atom stereocenters. The molecule has 1 aliphatic heterocycles. The normalized spacial score (nSPS) is 24.4. The van der Waals surface area contributed by atoms with Crippen molar-refractivity contribution in [1.82, 2.24) is 9.62 Å². The molecule has 0 aromatic rings. The lowest BCUT2D eigenvalue weighted by Crippen LogP contribution is -2.45. The summed E-state index contributed by atoms with van der Waals surface area (Å²) in [6.45, 7) is 6.74. The van der Waals surface area contributed by atoms with Crippen molar-refractivity contribution >= 4 is 32.6 Å². The first-order valence-corrected chi connectivity index (χ1v) is 9.96. The summed E-state index contributed by atoms with van der Waals surface area (Å²) in [7, 11) is -3.02. The minimum absolute atomic E-state index is 0.456. The summed E-state index contributed by atoms with van der Waals surface area (Å²) in [5.41, 5.74) is 0. The molecule has 0 aromatic carbocycles. The minimum atomic E-state index is -3.02. The van der Waals surface area contributed by atoms with Gasteiger partial charge in [0.05, 0.1) is 6.26 Å². The van der Waals surface area contributed by atoms with E-state index in [1.165, 1.54) is 6.26 Å². The number of alkyl halides is 1. The van der Waals surface area contributed by atoms with Gasteiger partial charge in [0.1, 0.15) is 0 Å². The third-order valence-electron chi connectivity index (χ3n) is 3.59. The third-order valence-corrected chi connectivity index (χ3v) is 5.81. The zero-order chi connectivity index (χ0) is 13.8. The second kappa shape index (κ2) is 7.40. The molecule has 18 heavy (non-hydrogen) atoms. The topological polar surface area (TPSA) is 49.4 Å². The van der Waals surface area contributed by atoms with Gasteiger partial charge >= 0.3 is 0 Å². The van der Waals surface area contributed by atoms with E-state index in [0.717, 1.165) is 23.8 Å². The van der Waals surface area contributed by atoms with Crippen LogP contribution in [-0.2, 0) is 10.0 Å². The maximum Gasteiger partial charge on any atom is 0.211 e. The van der Waals surface area contributed by atoms with Gasteiger partial charge in [-0.1, -0.05) is 36.4 Å². The van der Waals surface area contributed by atoms with Crippen molar-refractivity contribution in [1.29, 1.82) is 0 Å². The van der Waals surface area contributed by atoms with Crippen LogP contribution in [0.1, 0.15) is 26.7 Å². The number of hydrogen-bond acceptors (Lipinski definition) is 3. The fourth-order valence-electron chi connectivity index (χ4n) is 2.28. The third kappa shape index (κ3) is 5.30. The summed E-state index contributed by atoms with van der Waals surface area (Å²) in [4.78, 5) is 0. The van der Waals surface area contributed by atoms with Gasteiger partial charge < -0.3 is 5.32 Å². The summed E-state index contributed by atoms with van der Waals surface area (Å²) >= 11 is 2.41. The Morgan fingerprint density at radius 1 is 1.44 bits per heavy atom. The molecule has 0 amide bonds. The van der Waals surface area contributed by atoms with Crippen molar-refractivity contribution in [2.45, 2.75) is 32.7 Å². The fourth-order valence-corrected chi connectivity index (χ4v) is 4.55. The molecule has 2 unspecified atom stereocenters. The van der Waals surface area contributed by atoms with E-state index < -0.39 is 10.0 Å². The van der Waals surface area contributed by atoms with Crippen molar-refractivity contribution in [3.8, 4) is 0 Å². The Kier molecular flexibility index (Phi) is 6.85. The highest BCUT2D eigenvalue weighted by atomic mass is 127. The van der Waals surface area contributed by atoms with Gasteiger partial charge in [0, 0.05) is 23.6 Å². The van der Waals surface area contributed by atoms with Crippen LogP contribution in [0.5, 0.6) is 0 Å². The summed E-state index contributed by atoms with van der Waals surface area (Å²) in [6.07, 6.45) is 3.42. The van der Waals surface area contributed by atoms with E-state index in [0.29, 0.717) is 31.0 Å². The lowest BCUT2D eigenvalue weighted by Gasteiger charge is -2.32. The Hall–Kier alpha value is 0.600. The van der Waals surface area contributed by atoms with Gasteiger partial charge in [-0.2, -0.15) is 0 Å². The zero-order valence-electron chi connectivity index (χ0n) is 11.5. The Morgan fingerprint density at radius 2 is 2.11 bits per heavy atom. The molecule has 108 valence electrons. The predicted molar refractivity (Wildman–Crippen MR) is 84.7 cm³/mol. The molecule has 0 aliphatic carbocycles. The van der Waals surface area contributed by atoms with Gasteiger partial charge in [0.15, 0.2) is 0 Å². The van der Waals surface area contributed by atoms with E-state index in [1.807, 2.05) is 0 Å². The maximum absolute atomic E-state index is 11.5. The molecule has 1 rings (SSSR count). The first kappa shape index (κ1) is 16.7. The molecule has 1 N–H and O–H groups in total. The zero-order valence-corrected chi connectivity index (χ0v) is 14.5. The van der Waals surface area contributed by atoms with E-state index in [2.05, 4.69) is 41.8 Å². The van der Waals surface area contributed by atoms with Crippen LogP contribution >= 0.6 is 22.6 Å². The Morgan fingerprint density at radius 3 is 2.61 bits per heavy atom. The summed E-state index contributed by atoms with van der Waals surface area (Å²) in [5, 5.41) is 3.58. The standard InChI is InChI=1S/C12H25IN2O2S/c1-10(2)12(7-13)14-8-11-5-4-6-15(9-11)18(3,16)17/h10-12,14H,4-9H2,1-3H3. The quantitative estimate of drug-likeness (QED) is 0.557. The molecule has 6 heteroatoms. The Bertz CT molecular complexity index is 346. The summed E-state index contributed by atoms with van der Waals surface area (Å²) in [6, 6.07) is 0.527. The molecule has 4 nitrogen and oxygen atoms in total. The van der Waals surface area contributed by atoms with Crippen LogP contribution in [0.2, 0.25) is 0 Å². The van der Waals surface area contributed by atoms with Crippen LogP contribution < -0.4 is 5.32 Å².